The zero-order valence-corrected chi connectivity index (χ0v) is 13.0. The van der Waals surface area contributed by atoms with Gasteiger partial charge in [-0.05, 0) is 25.7 Å². The smallest absolute Gasteiger partial charge is 0.314 e. The highest BCUT2D eigenvalue weighted by atomic mass is 16.7. The molecule has 0 radical (unpaired) electrons. The molecule has 1 aliphatic carbocycles. The molecular formula is C16H30O3. The van der Waals surface area contributed by atoms with Crippen molar-refractivity contribution in [2.45, 2.75) is 78.4 Å². The predicted octanol–water partition coefficient (Wildman–Crippen LogP) is 4.30. The van der Waals surface area contributed by atoms with Crippen molar-refractivity contribution in [1.29, 1.82) is 0 Å². The Kier molecular flexibility index (Phi) is 6.84. The zero-order chi connectivity index (χ0) is 14.3. The number of carbonyl (C=O) groups is 1. The van der Waals surface area contributed by atoms with Crippen LogP contribution in [0.1, 0.15) is 72.1 Å². The number of rotatable bonds is 7. The number of esters is 1. The van der Waals surface area contributed by atoms with Crippen molar-refractivity contribution in [3.63, 3.8) is 0 Å². The average Bonchev–Trinajstić information content (AvgIpc) is 2.46. The molecule has 19 heavy (non-hydrogen) atoms. The van der Waals surface area contributed by atoms with E-state index in [2.05, 4.69) is 0 Å². The van der Waals surface area contributed by atoms with E-state index in [0.29, 0.717) is 5.92 Å². The Labute approximate surface area is 118 Å². The number of carbonyl (C=O) groups excluding carboxylic acids is 1. The van der Waals surface area contributed by atoms with Crippen molar-refractivity contribution >= 4 is 5.97 Å². The molecule has 0 spiro atoms. The molecule has 1 unspecified atom stereocenters. The summed E-state index contributed by atoms with van der Waals surface area (Å²) in [4.78, 5) is 12.2. The van der Waals surface area contributed by atoms with Crippen molar-refractivity contribution in [1.82, 2.24) is 0 Å². The Morgan fingerprint density at radius 2 is 1.79 bits per heavy atom. The highest BCUT2D eigenvalue weighted by Crippen LogP contribution is 2.31. The Bertz CT molecular complexity index is 265. The molecular weight excluding hydrogens is 240 g/mol. The summed E-state index contributed by atoms with van der Waals surface area (Å²) in [6.07, 6.45) is 8.54. The number of methoxy groups -OCH3 is 1. The lowest BCUT2D eigenvalue weighted by Gasteiger charge is -2.29. The average molecular weight is 270 g/mol. The molecule has 1 rings (SSSR count). The molecule has 112 valence electrons. The van der Waals surface area contributed by atoms with E-state index in [4.69, 9.17) is 9.47 Å². The first-order chi connectivity index (χ1) is 9.05. The Balaban J connectivity index is 2.48. The molecule has 1 fully saturated rings. The van der Waals surface area contributed by atoms with Gasteiger partial charge < -0.3 is 9.47 Å². The first-order valence-corrected chi connectivity index (χ1v) is 7.79. The van der Waals surface area contributed by atoms with Gasteiger partial charge in [-0.15, -0.1) is 0 Å². The van der Waals surface area contributed by atoms with Gasteiger partial charge in [0.2, 0.25) is 6.29 Å². The van der Waals surface area contributed by atoms with E-state index in [1.807, 2.05) is 20.8 Å². The molecule has 0 aromatic rings. The molecule has 0 saturated heterocycles. The first kappa shape index (κ1) is 16.5. The van der Waals surface area contributed by atoms with Gasteiger partial charge in [-0.1, -0.05) is 46.0 Å². The van der Waals surface area contributed by atoms with Crippen molar-refractivity contribution in [2.75, 3.05) is 7.11 Å². The fourth-order valence-electron chi connectivity index (χ4n) is 2.69. The van der Waals surface area contributed by atoms with Crippen LogP contribution in [0.25, 0.3) is 0 Å². The third-order valence-corrected chi connectivity index (χ3v) is 4.81. The van der Waals surface area contributed by atoms with E-state index >= 15 is 0 Å². The van der Waals surface area contributed by atoms with E-state index in [0.717, 1.165) is 19.3 Å². The topological polar surface area (TPSA) is 35.5 Å². The van der Waals surface area contributed by atoms with Crippen LogP contribution >= 0.6 is 0 Å². The van der Waals surface area contributed by atoms with Crippen molar-refractivity contribution in [3.8, 4) is 0 Å². The highest BCUT2D eigenvalue weighted by molar-refractivity contribution is 5.76. The second kappa shape index (κ2) is 7.88. The summed E-state index contributed by atoms with van der Waals surface area (Å²) in [5.74, 6) is 0.543. The quantitative estimate of drug-likeness (QED) is 0.511. The van der Waals surface area contributed by atoms with E-state index in [9.17, 15) is 4.79 Å². The molecule has 0 N–H and O–H groups in total. The van der Waals surface area contributed by atoms with Crippen molar-refractivity contribution < 1.29 is 14.3 Å². The van der Waals surface area contributed by atoms with Crippen LogP contribution in [0.2, 0.25) is 0 Å². The number of hydrogen-bond donors (Lipinski definition) is 0. The van der Waals surface area contributed by atoms with Crippen LogP contribution in [-0.4, -0.2) is 19.4 Å². The number of hydrogen-bond acceptors (Lipinski definition) is 3. The lowest BCUT2D eigenvalue weighted by atomic mass is 9.84. The fraction of sp³-hybridized carbons (Fsp3) is 0.938. The van der Waals surface area contributed by atoms with Crippen LogP contribution in [-0.2, 0) is 14.3 Å². The van der Waals surface area contributed by atoms with Crippen molar-refractivity contribution in [2.24, 2.45) is 11.3 Å². The minimum Gasteiger partial charge on any atom is -0.435 e. The molecule has 0 bridgehead atoms. The third-order valence-electron chi connectivity index (χ3n) is 4.81. The van der Waals surface area contributed by atoms with Gasteiger partial charge in [-0.2, -0.15) is 0 Å². The minimum atomic E-state index is -0.372. The second-order valence-electron chi connectivity index (χ2n) is 6.08. The van der Waals surface area contributed by atoms with Gasteiger partial charge in [0, 0.05) is 13.5 Å². The van der Waals surface area contributed by atoms with Crippen LogP contribution in [0.3, 0.4) is 0 Å². The Morgan fingerprint density at radius 1 is 1.21 bits per heavy atom. The van der Waals surface area contributed by atoms with Gasteiger partial charge >= 0.3 is 5.97 Å². The molecule has 1 atom stereocenters. The van der Waals surface area contributed by atoms with E-state index in [1.54, 1.807) is 7.11 Å². The second-order valence-corrected chi connectivity index (χ2v) is 6.08. The third kappa shape index (κ3) is 4.79. The van der Waals surface area contributed by atoms with Crippen LogP contribution in [0.4, 0.5) is 0 Å². The van der Waals surface area contributed by atoms with E-state index in [1.165, 1.54) is 32.1 Å². The number of ether oxygens (including phenoxy) is 2. The lowest BCUT2D eigenvalue weighted by Crippen LogP contribution is -2.33. The summed E-state index contributed by atoms with van der Waals surface area (Å²) in [5, 5.41) is 0. The monoisotopic (exact) mass is 270 g/mol. The molecule has 0 amide bonds. The van der Waals surface area contributed by atoms with Crippen LogP contribution < -0.4 is 0 Å². The van der Waals surface area contributed by atoms with Gasteiger partial charge in [-0.3, -0.25) is 4.79 Å². The maximum atomic E-state index is 12.2. The zero-order valence-electron chi connectivity index (χ0n) is 13.0. The maximum Gasteiger partial charge on any atom is 0.314 e. The molecule has 0 aromatic carbocycles. The molecule has 1 aliphatic rings. The van der Waals surface area contributed by atoms with Gasteiger partial charge in [0.25, 0.3) is 0 Å². The van der Waals surface area contributed by atoms with Gasteiger partial charge in [-0.25, -0.2) is 0 Å². The summed E-state index contributed by atoms with van der Waals surface area (Å²) in [5.41, 5.74) is -0.372. The van der Waals surface area contributed by atoms with E-state index < -0.39 is 0 Å². The summed E-state index contributed by atoms with van der Waals surface area (Å²) < 4.78 is 11.0. The summed E-state index contributed by atoms with van der Waals surface area (Å²) in [6, 6.07) is 0. The van der Waals surface area contributed by atoms with Gasteiger partial charge in [0.05, 0.1) is 5.41 Å². The fourth-order valence-corrected chi connectivity index (χ4v) is 2.69. The minimum absolute atomic E-state index is 0.111. The SMILES string of the molecule is CCC(C)(CC)C(=O)OC(CC1CCCCC1)OC. The van der Waals surface area contributed by atoms with Crippen LogP contribution in [0, 0.1) is 11.3 Å². The summed E-state index contributed by atoms with van der Waals surface area (Å²) in [7, 11) is 1.63. The molecule has 0 aromatic heterocycles. The molecule has 3 nitrogen and oxygen atoms in total. The van der Waals surface area contributed by atoms with Crippen molar-refractivity contribution in [3.05, 3.63) is 0 Å². The first-order valence-electron chi connectivity index (χ1n) is 7.79. The summed E-state index contributed by atoms with van der Waals surface area (Å²) in [6.45, 7) is 6.05. The van der Waals surface area contributed by atoms with Crippen LogP contribution in [0.15, 0.2) is 0 Å². The predicted molar refractivity (Wildman–Crippen MR) is 76.8 cm³/mol. The molecule has 0 heterocycles. The lowest BCUT2D eigenvalue weighted by molar-refractivity contribution is -0.188. The summed E-state index contributed by atoms with van der Waals surface area (Å²) >= 11 is 0. The Hall–Kier alpha value is -0.570. The van der Waals surface area contributed by atoms with Gasteiger partial charge in [0.1, 0.15) is 0 Å². The largest absolute Gasteiger partial charge is 0.435 e. The van der Waals surface area contributed by atoms with Crippen LogP contribution in [0.5, 0.6) is 0 Å². The normalized spacial score (nSPS) is 19.2. The highest BCUT2D eigenvalue weighted by Gasteiger charge is 2.33. The van der Waals surface area contributed by atoms with E-state index in [-0.39, 0.29) is 17.7 Å². The standard InChI is InChI=1S/C16H30O3/c1-5-16(3,6-2)15(17)19-14(18-4)12-13-10-8-7-9-11-13/h13-14H,5-12H2,1-4H3. The maximum absolute atomic E-state index is 12.2. The Morgan fingerprint density at radius 3 is 2.26 bits per heavy atom. The van der Waals surface area contributed by atoms with Gasteiger partial charge in [0.15, 0.2) is 0 Å². The molecule has 1 saturated carbocycles. The molecule has 0 aliphatic heterocycles. The molecule has 3 heteroatoms.